The Balaban J connectivity index is 1.84. The summed E-state index contributed by atoms with van der Waals surface area (Å²) in [5.74, 6) is 0.0549. The highest BCUT2D eigenvalue weighted by Crippen LogP contribution is 2.23. The highest BCUT2D eigenvalue weighted by Gasteiger charge is 2.17. The summed E-state index contributed by atoms with van der Waals surface area (Å²) < 4.78 is 0.807. The Labute approximate surface area is 195 Å². The smallest absolute Gasteiger partial charge is 0.258 e. The molecular weight excluding hydrogens is 470 g/mol. The molecule has 0 unspecified atom stereocenters. The van der Waals surface area contributed by atoms with Crippen LogP contribution in [0.3, 0.4) is 0 Å². The molecule has 3 rings (SSSR count). The SMILES string of the molecule is Cc1cc(NC(=O)c2ccc(C(=N)N(C)C)cc2)c(C(=O)Nc2ccc(Br)cn2)cc1C. The van der Waals surface area contributed by atoms with Crippen LogP contribution in [-0.2, 0) is 0 Å². The first-order valence-corrected chi connectivity index (χ1v) is 10.7. The van der Waals surface area contributed by atoms with E-state index in [2.05, 4.69) is 31.5 Å². The zero-order valence-electron chi connectivity index (χ0n) is 18.3. The average molecular weight is 494 g/mol. The van der Waals surface area contributed by atoms with Crippen molar-refractivity contribution in [3.05, 3.63) is 87.0 Å². The number of aryl methyl sites for hydroxylation is 2. The molecule has 2 amide bonds. The van der Waals surface area contributed by atoms with E-state index in [-0.39, 0.29) is 11.8 Å². The Bertz CT molecular complexity index is 1170. The van der Waals surface area contributed by atoms with Crippen LogP contribution in [0.15, 0.2) is 59.2 Å². The van der Waals surface area contributed by atoms with Crippen LogP contribution in [0.25, 0.3) is 0 Å². The standard InChI is InChI=1S/C24H24BrN5O2/c1-14-11-19(24(32)29-21-10-9-18(25)13-27-21)20(12-15(14)2)28-23(31)17-7-5-16(6-8-17)22(26)30(3)4/h5-13,26H,1-4H3,(H,28,31)(H,27,29,32). The van der Waals surface area contributed by atoms with E-state index in [1.807, 2.05) is 13.8 Å². The van der Waals surface area contributed by atoms with Crippen LogP contribution < -0.4 is 10.6 Å². The lowest BCUT2D eigenvalue weighted by atomic mass is 10.0. The van der Waals surface area contributed by atoms with Gasteiger partial charge in [-0.05, 0) is 77.3 Å². The van der Waals surface area contributed by atoms with Gasteiger partial charge in [-0.25, -0.2) is 4.98 Å². The monoisotopic (exact) mass is 493 g/mol. The van der Waals surface area contributed by atoms with E-state index in [0.717, 1.165) is 15.6 Å². The van der Waals surface area contributed by atoms with Crippen LogP contribution in [0.1, 0.15) is 37.4 Å². The first kappa shape index (κ1) is 23.1. The van der Waals surface area contributed by atoms with E-state index >= 15 is 0 Å². The molecule has 0 aliphatic rings. The second-order valence-corrected chi connectivity index (χ2v) is 8.49. The fourth-order valence-electron chi connectivity index (χ4n) is 2.97. The first-order valence-electron chi connectivity index (χ1n) is 9.87. The Hall–Kier alpha value is -3.52. The Morgan fingerprint density at radius 1 is 0.906 bits per heavy atom. The fraction of sp³-hybridized carbons (Fsp3) is 0.167. The second-order valence-electron chi connectivity index (χ2n) is 7.57. The molecule has 0 spiro atoms. The molecule has 3 aromatic rings. The third-order valence-electron chi connectivity index (χ3n) is 4.96. The lowest BCUT2D eigenvalue weighted by Crippen LogP contribution is -2.22. The number of amidine groups is 1. The van der Waals surface area contributed by atoms with E-state index in [0.29, 0.717) is 34.0 Å². The molecule has 0 aliphatic carbocycles. The minimum Gasteiger partial charge on any atom is -0.363 e. The number of aromatic nitrogens is 1. The zero-order chi connectivity index (χ0) is 23.4. The molecule has 0 saturated carbocycles. The lowest BCUT2D eigenvalue weighted by molar-refractivity contribution is 0.102. The molecule has 0 radical (unpaired) electrons. The molecule has 32 heavy (non-hydrogen) atoms. The number of carbonyl (C=O) groups is 2. The Kier molecular flexibility index (Phi) is 7.05. The number of amides is 2. The van der Waals surface area contributed by atoms with E-state index in [1.54, 1.807) is 73.7 Å². The molecule has 0 atom stereocenters. The highest BCUT2D eigenvalue weighted by atomic mass is 79.9. The molecule has 164 valence electrons. The molecule has 0 saturated heterocycles. The van der Waals surface area contributed by atoms with Gasteiger partial charge >= 0.3 is 0 Å². The zero-order valence-corrected chi connectivity index (χ0v) is 19.9. The van der Waals surface area contributed by atoms with Gasteiger partial charge in [0.2, 0.25) is 0 Å². The molecule has 8 heteroatoms. The number of benzene rings is 2. The van der Waals surface area contributed by atoms with Gasteiger partial charge in [0.1, 0.15) is 11.7 Å². The maximum absolute atomic E-state index is 12.9. The third kappa shape index (κ3) is 5.39. The first-order chi connectivity index (χ1) is 15.2. The molecular formula is C24H24BrN5O2. The maximum atomic E-state index is 12.9. The Morgan fingerprint density at radius 3 is 2.12 bits per heavy atom. The number of nitrogens with one attached hydrogen (secondary N) is 3. The number of nitrogens with zero attached hydrogens (tertiary/aromatic N) is 2. The normalized spacial score (nSPS) is 10.4. The molecule has 0 bridgehead atoms. The summed E-state index contributed by atoms with van der Waals surface area (Å²) >= 11 is 3.32. The number of pyridine rings is 1. The maximum Gasteiger partial charge on any atom is 0.258 e. The summed E-state index contributed by atoms with van der Waals surface area (Å²) in [4.78, 5) is 31.7. The van der Waals surface area contributed by atoms with Gasteiger partial charge in [0.05, 0.1) is 11.3 Å². The van der Waals surface area contributed by atoms with Gasteiger partial charge in [-0.2, -0.15) is 0 Å². The largest absolute Gasteiger partial charge is 0.363 e. The van der Waals surface area contributed by atoms with Gasteiger partial charge in [0.25, 0.3) is 11.8 Å². The van der Waals surface area contributed by atoms with E-state index in [1.165, 1.54) is 0 Å². The third-order valence-corrected chi connectivity index (χ3v) is 5.43. The van der Waals surface area contributed by atoms with E-state index < -0.39 is 0 Å². The van der Waals surface area contributed by atoms with Crippen LogP contribution in [-0.4, -0.2) is 41.6 Å². The number of carbonyl (C=O) groups excluding carboxylic acids is 2. The summed E-state index contributed by atoms with van der Waals surface area (Å²) in [6, 6.07) is 13.8. The van der Waals surface area contributed by atoms with E-state index in [4.69, 9.17) is 5.41 Å². The van der Waals surface area contributed by atoms with Gasteiger partial charge in [-0.3, -0.25) is 15.0 Å². The van der Waals surface area contributed by atoms with Crippen LogP contribution in [0.2, 0.25) is 0 Å². The summed E-state index contributed by atoms with van der Waals surface area (Å²) in [6.45, 7) is 3.83. The van der Waals surface area contributed by atoms with Gasteiger partial charge in [-0.1, -0.05) is 12.1 Å². The van der Waals surface area contributed by atoms with Crippen LogP contribution in [0.5, 0.6) is 0 Å². The molecule has 0 aliphatic heterocycles. The summed E-state index contributed by atoms with van der Waals surface area (Å²) in [5.41, 5.74) is 3.78. The number of hydrogen-bond acceptors (Lipinski definition) is 4. The minimum absolute atomic E-state index is 0.341. The number of anilines is 2. The number of rotatable bonds is 5. The average Bonchev–Trinajstić information content (AvgIpc) is 2.77. The highest BCUT2D eigenvalue weighted by molar-refractivity contribution is 9.10. The number of halogens is 1. The van der Waals surface area contributed by atoms with Crippen molar-refractivity contribution in [3.63, 3.8) is 0 Å². The van der Waals surface area contributed by atoms with Crippen molar-refractivity contribution in [1.29, 1.82) is 5.41 Å². The fourth-order valence-corrected chi connectivity index (χ4v) is 3.21. The van der Waals surface area contributed by atoms with Crippen molar-refractivity contribution in [2.45, 2.75) is 13.8 Å². The van der Waals surface area contributed by atoms with Crippen molar-refractivity contribution in [3.8, 4) is 0 Å². The predicted molar refractivity (Wildman–Crippen MR) is 131 cm³/mol. The van der Waals surface area contributed by atoms with Crippen molar-refractivity contribution in [2.75, 3.05) is 24.7 Å². The second kappa shape index (κ2) is 9.74. The van der Waals surface area contributed by atoms with Crippen molar-refractivity contribution < 1.29 is 9.59 Å². The van der Waals surface area contributed by atoms with Gasteiger partial charge in [0.15, 0.2) is 0 Å². The van der Waals surface area contributed by atoms with Crippen LogP contribution in [0.4, 0.5) is 11.5 Å². The quantitative estimate of drug-likeness (QED) is 0.349. The van der Waals surface area contributed by atoms with Crippen molar-refractivity contribution in [1.82, 2.24) is 9.88 Å². The summed E-state index contributed by atoms with van der Waals surface area (Å²) in [6.07, 6.45) is 1.60. The topological polar surface area (TPSA) is 98.2 Å². The molecule has 1 aromatic heterocycles. The summed E-state index contributed by atoms with van der Waals surface area (Å²) in [5, 5.41) is 13.7. The molecule has 0 fully saturated rings. The molecule has 1 heterocycles. The van der Waals surface area contributed by atoms with Crippen LogP contribution >= 0.6 is 15.9 Å². The number of hydrogen-bond donors (Lipinski definition) is 3. The van der Waals surface area contributed by atoms with Crippen LogP contribution in [0, 0.1) is 19.3 Å². The van der Waals surface area contributed by atoms with Gasteiger partial charge < -0.3 is 15.5 Å². The molecule has 7 nitrogen and oxygen atoms in total. The lowest BCUT2D eigenvalue weighted by Gasteiger charge is -2.15. The van der Waals surface area contributed by atoms with Gasteiger partial charge in [-0.15, -0.1) is 0 Å². The predicted octanol–water partition coefficient (Wildman–Crippen LogP) is 4.85. The molecule has 2 aromatic carbocycles. The van der Waals surface area contributed by atoms with Gasteiger partial charge in [0, 0.05) is 35.9 Å². The van der Waals surface area contributed by atoms with E-state index in [9.17, 15) is 9.59 Å². The minimum atomic E-state index is -0.368. The summed E-state index contributed by atoms with van der Waals surface area (Å²) in [7, 11) is 3.58. The molecule has 3 N–H and O–H groups in total. The van der Waals surface area contributed by atoms with Crippen molar-refractivity contribution in [2.24, 2.45) is 0 Å². The van der Waals surface area contributed by atoms with Crippen molar-refractivity contribution >= 4 is 45.1 Å². The Morgan fingerprint density at radius 2 is 1.53 bits per heavy atom.